The van der Waals surface area contributed by atoms with Crippen LogP contribution in [0, 0.1) is 0 Å². The summed E-state index contributed by atoms with van der Waals surface area (Å²) < 4.78 is 6.25. The average molecular weight is 344 g/mol. The van der Waals surface area contributed by atoms with Crippen LogP contribution in [0.2, 0.25) is 0 Å². The van der Waals surface area contributed by atoms with Gasteiger partial charge in [0.05, 0.1) is 5.56 Å². The fourth-order valence-corrected chi connectivity index (χ4v) is 2.89. The van der Waals surface area contributed by atoms with Gasteiger partial charge in [-0.2, -0.15) is 0 Å². The van der Waals surface area contributed by atoms with Gasteiger partial charge in [-0.15, -0.1) is 0 Å². The molecule has 1 N–H and O–H groups in total. The van der Waals surface area contributed by atoms with E-state index in [1.165, 1.54) is 0 Å². The molecule has 3 rings (SSSR count). The number of hydrogen-bond acceptors (Lipinski definition) is 3. The maximum Gasteiger partial charge on any atom is 0.344 e. The zero-order chi connectivity index (χ0) is 14.8. The predicted molar refractivity (Wildman–Crippen MR) is 89.8 cm³/mol. The zero-order valence-electron chi connectivity index (χ0n) is 11.5. The second kappa shape index (κ2) is 5.74. The van der Waals surface area contributed by atoms with Crippen LogP contribution in [-0.2, 0) is 0 Å². The molecule has 4 heteroatoms. The standard InChI is InChI=1S/C17H14BrNO2/c1-2-19-12-7-8-13(15(18)10-12)14-9-11-5-3-4-6-16(11)21-17(14)20/h3-10,19H,2H2,1H3. The van der Waals surface area contributed by atoms with Gasteiger partial charge in [-0.1, -0.05) is 40.2 Å². The molecule has 0 saturated carbocycles. The Morgan fingerprint density at radius 2 is 1.90 bits per heavy atom. The first kappa shape index (κ1) is 13.9. The van der Waals surface area contributed by atoms with Crippen molar-refractivity contribution in [2.24, 2.45) is 0 Å². The third-order valence-corrected chi connectivity index (χ3v) is 3.94. The van der Waals surface area contributed by atoms with E-state index in [0.29, 0.717) is 11.1 Å². The summed E-state index contributed by atoms with van der Waals surface area (Å²) in [5.41, 5.74) is 2.68. The summed E-state index contributed by atoms with van der Waals surface area (Å²) in [6.07, 6.45) is 0. The van der Waals surface area contributed by atoms with Crippen LogP contribution in [0.25, 0.3) is 22.1 Å². The molecule has 21 heavy (non-hydrogen) atoms. The van der Waals surface area contributed by atoms with E-state index in [1.807, 2.05) is 49.4 Å². The first-order valence-electron chi connectivity index (χ1n) is 6.75. The Balaban J connectivity index is 2.16. The predicted octanol–water partition coefficient (Wildman–Crippen LogP) is 4.65. The fourth-order valence-electron chi connectivity index (χ4n) is 2.30. The molecule has 0 amide bonds. The van der Waals surface area contributed by atoms with Crippen LogP contribution >= 0.6 is 15.9 Å². The molecule has 1 aromatic heterocycles. The Bertz CT molecular complexity index is 855. The van der Waals surface area contributed by atoms with Gasteiger partial charge in [-0.3, -0.25) is 0 Å². The normalized spacial score (nSPS) is 10.8. The maximum absolute atomic E-state index is 12.2. The Hall–Kier alpha value is -2.07. The third kappa shape index (κ3) is 2.72. The van der Waals surface area contributed by atoms with E-state index >= 15 is 0 Å². The molecule has 0 radical (unpaired) electrons. The van der Waals surface area contributed by atoms with Crippen LogP contribution in [-0.4, -0.2) is 6.54 Å². The van der Waals surface area contributed by atoms with Gasteiger partial charge in [-0.25, -0.2) is 4.79 Å². The van der Waals surface area contributed by atoms with Crippen molar-refractivity contribution in [3.63, 3.8) is 0 Å². The molecule has 0 spiro atoms. The van der Waals surface area contributed by atoms with Gasteiger partial charge in [0.1, 0.15) is 5.58 Å². The van der Waals surface area contributed by atoms with Crippen LogP contribution in [0.4, 0.5) is 5.69 Å². The molecule has 3 nitrogen and oxygen atoms in total. The van der Waals surface area contributed by atoms with E-state index in [-0.39, 0.29) is 5.63 Å². The van der Waals surface area contributed by atoms with E-state index in [4.69, 9.17) is 4.42 Å². The second-order valence-electron chi connectivity index (χ2n) is 4.71. The second-order valence-corrected chi connectivity index (χ2v) is 5.56. The number of para-hydroxylation sites is 1. The van der Waals surface area contributed by atoms with Crippen molar-refractivity contribution >= 4 is 32.6 Å². The molecule has 3 aromatic rings. The summed E-state index contributed by atoms with van der Waals surface area (Å²) in [5.74, 6) is 0. The highest BCUT2D eigenvalue weighted by Gasteiger charge is 2.11. The molecule has 0 atom stereocenters. The third-order valence-electron chi connectivity index (χ3n) is 3.28. The lowest BCUT2D eigenvalue weighted by Gasteiger charge is -2.08. The van der Waals surface area contributed by atoms with Gasteiger partial charge < -0.3 is 9.73 Å². The van der Waals surface area contributed by atoms with Crippen LogP contribution < -0.4 is 10.9 Å². The molecular weight excluding hydrogens is 330 g/mol. The van der Waals surface area contributed by atoms with Crippen molar-refractivity contribution < 1.29 is 4.42 Å². The van der Waals surface area contributed by atoms with E-state index in [0.717, 1.165) is 27.7 Å². The fraction of sp³-hybridized carbons (Fsp3) is 0.118. The van der Waals surface area contributed by atoms with Gasteiger partial charge in [0.15, 0.2) is 0 Å². The molecule has 0 fully saturated rings. The number of benzene rings is 2. The highest BCUT2D eigenvalue weighted by molar-refractivity contribution is 9.10. The van der Waals surface area contributed by atoms with Gasteiger partial charge in [0, 0.05) is 27.7 Å². The summed E-state index contributed by atoms with van der Waals surface area (Å²) in [6, 6.07) is 15.2. The molecule has 1 heterocycles. The van der Waals surface area contributed by atoms with E-state index in [9.17, 15) is 4.79 Å². The number of anilines is 1. The van der Waals surface area contributed by atoms with Crippen molar-refractivity contribution in [3.8, 4) is 11.1 Å². The Morgan fingerprint density at radius 1 is 1.10 bits per heavy atom. The average Bonchev–Trinajstić information content (AvgIpc) is 2.47. The zero-order valence-corrected chi connectivity index (χ0v) is 13.1. The number of rotatable bonds is 3. The molecule has 106 valence electrons. The number of hydrogen-bond donors (Lipinski definition) is 1. The minimum atomic E-state index is -0.328. The Labute approximate surface area is 130 Å². The van der Waals surface area contributed by atoms with Crippen LogP contribution in [0.1, 0.15) is 6.92 Å². The topological polar surface area (TPSA) is 42.2 Å². The highest BCUT2D eigenvalue weighted by Crippen LogP contribution is 2.30. The quantitative estimate of drug-likeness (QED) is 0.703. The SMILES string of the molecule is CCNc1ccc(-c2cc3ccccc3oc2=O)c(Br)c1. The molecule has 0 bridgehead atoms. The molecule has 0 saturated heterocycles. The van der Waals surface area contributed by atoms with E-state index in [2.05, 4.69) is 21.2 Å². The lowest BCUT2D eigenvalue weighted by atomic mass is 10.1. The summed E-state index contributed by atoms with van der Waals surface area (Å²) in [5, 5.41) is 4.15. The maximum atomic E-state index is 12.2. The monoisotopic (exact) mass is 343 g/mol. The first-order chi connectivity index (χ1) is 10.2. The molecule has 2 aromatic carbocycles. The first-order valence-corrected chi connectivity index (χ1v) is 7.55. The highest BCUT2D eigenvalue weighted by atomic mass is 79.9. The van der Waals surface area contributed by atoms with Crippen LogP contribution in [0.3, 0.4) is 0 Å². The summed E-state index contributed by atoms with van der Waals surface area (Å²) in [6.45, 7) is 2.89. The van der Waals surface area contributed by atoms with Gasteiger partial charge in [0.2, 0.25) is 0 Å². The number of halogens is 1. The van der Waals surface area contributed by atoms with E-state index < -0.39 is 0 Å². The minimum Gasteiger partial charge on any atom is -0.422 e. The lowest BCUT2D eigenvalue weighted by molar-refractivity contribution is 0.563. The van der Waals surface area contributed by atoms with Crippen LogP contribution in [0.5, 0.6) is 0 Å². The summed E-state index contributed by atoms with van der Waals surface area (Å²) in [4.78, 5) is 12.2. The largest absolute Gasteiger partial charge is 0.422 e. The lowest BCUT2D eigenvalue weighted by Crippen LogP contribution is -2.03. The molecule has 0 aliphatic rings. The van der Waals surface area contributed by atoms with Crippen LogP contribution in [0.15, 0.2) is 62.2 Å². The van der Waals surface area contributed by atoms with Gasteiger partial charge in [0.25, 0.3) is 0 Å². The number of fused-ring (bicyclic) bond motifs is 1. The van der Waals surface area contributed by atoms with Crippen molar-refractivity contribution in [3.05, 3.63) is 63.4 Å². The Kier molecular flexibility index (Phi) is 3.80. The summed E-state index contributed by atoms with van der Waals surface area (Å²) in [7, 11) is 0. The van der Waals surface area contributed by atoms with Crippen molar-refractivity contribution in [1.29, 1.82) is 0 Å². The Morgan fingerprint density at radius 3 is 2.67 bits per heavy atom. The molecule has 0 aliphatic carbocycles. The number of nitrogens with one attached hydrogen (secondary N) is 1. The van der Waals surface area contributed by atoms with Crippen molar-refractivity contribution in [2.45, 2.75) is 6.92 Å². The van der Waals surface area contributed by atoms with Crippen molar-refractivity contribution in [2.75, 3.05) is 11.9 Å². The molecule has 0 aliphatic heterocycles. The smallest absolute Gasteiger partial charge is 0.344 e. The van der Waals surface area contributed by atoms with Crippen molar-refractivity contribution in [1.82, 2.24) is 0 Å². The molecule has 0 unspecified atom stereocenters. The molecular formula is C17H14BrNO2. The minimum absolute atomic E-state index is 0.328. The summed E-state index contributed by atoms with van der Waals surface area (Å²) >= 11 is 3.53. The van der Waals surface area contributed by atoms with Gasteiger partial charge in [-0.05, 0) is 31.2 Å². The van der Waals surface area contributed by atoms with Gasteiger partial charge >= 0.3 is 5.63 Å². The van der Waals surface area contributed by atoms with E-state index in [1.54, 1.807) is 6.07 Å².